The van der Waals surface area contributed by atoms with E-state index < -0.39 is 17.6 Å². The lowest BCUT2D eigenvalue weighted by molar-refractivity contribution is -0.149. The summed E-state index contributed by atoms with van der Waals surface area (Å²) < 4.78 is 11.1. The molecule has 11 nitrogen and oxygen atoms in total. The van der Waals surface area contributed by atoms with Crippen molar-refractivity contribution in [3.63, 3.8) is 0 Å². The van der Waals surface area contributed by atoms with Crippen molar-refractivity contribution in [3.8, 4) is 0 Å². The maximum Gasteiger partial charge on any atom is 0.323 e. The molecule has 6 N–H and O–H groups in total. The highest BCUT2D eigenvalue weighted by Gasteiger charge is 2.22. The predicted octanol–water partition coefficient (Wildman–Crippen LogP) is 7.28. The first-order valence-corrected chi connectivity index (χ1v) is 18.6. The van der Waals surface area contributed by atoms with Gasteiger partial charge in [-0.15, -0.1) is 0 Å². The molecule has 0 aliphatic rings. The highest BCUT2D eigenvalue weighted by molar-refractivity contribution is 5.75. The topological polar surface area (TPSA) is 179 Å². The Hall–Kier alpha value is -2.95. The zero-order valence-corrected chi connectivity index (χ0v) is 29.6. The van der Waals surface area contributed by atoms with E-state index in [0.717, 1.165) is 25.7 Å². The van der Waals surface area contributed by atoms with E-state index in [1.165, 1.54) is 89.9 Å². The molecular weight excluding hydrogens is 596 g/mol. The van der Waals surface area contributed by atoms with Crippen LogP contribution in [0.3, 0.4) is 0 Å². The third kappa shape index (κ3) is 17.1. The average molecular weight is 661 g/mol. The van der Waals surface area contributed by atoms with Gasteiger partial charge in [-0.1, -0.05) is 130 Å². The molecule has 0 saturated carbocycles. The van der Waals surface area contributed by atoms with Gasteiger partial charge in [-0.25, -0.2) is 4.98 Å². The average Bonchev–Trinajstić information content (AvgIpc) is 3.46. The van der Waals surface area contributed by atoms with Crippen LogP contribution in [0.25, 0.3) is 11.2 Å². The van der Waals surface area contributed by atoms with Crippen molar-refractivity contribution in [2.24, 2.45) is 17.6 Å². The molecular formula is C36H64N6O5. The number of H-pyrrole nitrogens is 2. The second kappa shape index (κ2) is 24.2. The maximum atomic E-state index is 12.5. The molecule has 0 saturated heterocycles. The monoisotopic (exact) mass is 660 g/mol. The number of hydrogen-bond acceptors (Lipinski definition) is 9. The minimum atomic E-state index is -0.681. The lowest BCUT2D eigenvalue weighted by Gasteiger charge is -2.19. The number of nitrogens with two attached hydrogens (primary N) is 2. The highest BCUT2D eigenvalue weighted by atomic mass is 16.5. The van der Waals surface area contributed by atoms with Crippen LogP contribution in [0, 0.1) is 11.8 Å². The summed E-state index contributed by atoms with van der Waals surface area (Å²) in [5.41, 5.74) is 11.7. The van der Waals surface area contributed by atoms with Gasteiger partial charge in [-0.3, -0.25) is 19.4 Å². The van der Waals surface area contributed by atoms with Crippen LogP contribution in [0.2, 0.25) is 0 Å². The Morgan fingerprint density at radius 1 is 0.787 bits per heavy atom. The number of aromatic nitrogens is 4. The lowest BCUT2D eigenvalue weighted by Crippen LogP contribution is -2.38. The largest absolute Gasteiger partial charge is 0.465 e. The molecule has 2 aromatic rings. The van der Waals surface area contributed by atoms with Crippen molar-refractivity contribution >= 4 is 29.1 Å². The summed E-state index contributed by atoms with van der Waals surface area (Å²) in [7, 11) is 0. The molecule has 0 aromatic carbocycles. The molecule has 0 aliphatic carbocycles. The number of fused-ring (bicyclic) bond motifs is 1. The first kappa shape index (κ1) is 40.2. The van der Waals surface area contributed by atoms with Crippen LogP contribution >= 0.6 is 0 Å². The van der Waals surface area contributed by atoms with Gasteiger partial charge in [-0.2, -0.15) is 4.98 Å². The number of carbonyl (C=O) groups is 2. The predicted molar refractivity (Wildman–Crippen MR) is 189 cm³/mol. The van der Waals surface area contributed by atoms with Crippen molar-refractivity contribution in [2.45, 2.75) is 162 Å². The van der Waals surface area contributed by atoms with Crippen molar-refractivity contribution in [1.82, 2.24) is 19.9 Å². The van der Waals surface area contributed by atoms with Crippen LogP contribution in [0.5, 0.6) is 0 Å². The second-order valence-corrected chi connectivity index (χ2v) is 13.4. The molecule has 0 radical (unpaired) electrons. The van der Waals surface area contributed by atoms with Gasteiger partial charge in [0.05, 0.1) is 13.2 Å². The van der Waals surface area contributed by atoms with Gasteiger partial charge in [0, 0.05) is 18.8 Å². The second-order valence-electron chi connectivity index (χ2n) is 13.4. The molecule has 2 aromatic heterocycles. The summed E-state index contributed by atoms with van der Waals surface area (Å²) in [5, 5.41) is 0. The van der Waals surface area contributed by atoms with Crippen LogP contribution in [-0.2, 0) is 25.5 Å². The molecule has 0 amide bonds. The minimum absolute atomic E-state index is 0.0140. The summed E-state index contributed by atoms with van der Waals surface area (Å²) >= 11 is 0. The van der Waals surface area contributed by atoms with Gasteiger partial charge in [0.1, 0.15) is 11.9 Å². The van der Waals surface area contributed by atoms with E-state index in [2.05, 4.69) is 26.9 Å². The molecule has 47 heavy (non-hydrogen) atoms. The van der Waals surface area contributed by atoms with Gasteiger partial charge in [0.15, 0.2) is 11.2 Å². The van der Waals surface area contributed by atoms with Crippen LogP contribution in [0.15, 0.2) is 4.79 Å². The van der Waals surface area contributed by atoms with Gasteiger partial charge in [0.25, 0.3) is 5.56 Å². The van der Waals surface area contributed by atoms with E-state index in [0.29, 0.717) is 25.1 Å². The summed E-state index contributed by atoms with van der Waals surface area (Å²) in [5.74, 6) is -0.354. The normalized spacial score (nSPS) is 13.4. The number of nitrogen functional groups attached to an aromatic ring is 1. The van der Waals surface area contributed by atoms with Gasteiger partial charge < -0.3 is 25.9 Å². The Balaban J connectivity index is 1.64. The first-order valence-electron chi connectivity index (χ1n) is 18.6. The standard InChI is InChI=1S/C36H64N6O5/c1-4-6-7-8-9-10-11-12-13-14-15-16-17-18-19-20-21-22-30(43)47-26-28(23-24-46-35(45)31(37)27(3)5-2)25-29-39-32-33(40-29)41-36(38)42-34(32)44/h27-28,31H,4-26,37H2,1-3H3,(H4,38,39,40,41,42,44)/t27-,28?,31-/m0/s1. The summed E-state index contributed by atoms with van der Waals surface area (Å²) in [6.07, 6.45) is 23.9. The molecule has 0 bridgehead atoms. The molecule has 268 valence electrons. The van der Waals surface area contributed by atoms with Crippen molar-refractivity contribution < 1.29 is 19.1 Å². The number of nitrogens with zero attached hydrogens (tertiary/aromatic N) is 2. The fourth-order valence-electron chi connectivity index (χ4n) is 5.77. The van der Waals surface area contributed by atoms with E-state index in [-0.39, 0.29) is 48.1 Å². The zero-order valence-electron chi connectivity index (χ0n) is 29.6. The van der Waals surface area contributed by atoms with Crippen LogP contribution in [0.1, 0.15) is 155 Å². The number of anilines is 1. The number of aromatic amines is 2. The SMILES string of the molecule is CCCCCCCCCCCCCCCCCCCC(=O)OCC(CCOC(=O)[C@@H](N)[C@@H](C)CC)Cc1nc2nc(N)[nH]c(=O)c2[nH]1. The summed E-state index contributed by atoms with van der Waals surface area (Å²) in [6, 6.07) is -0.681. The Morgan fingerprint density at radius 3 is 1.89 bits per heavy atom. The van der Waals surface area contributed by atoms with Crippen molar-refractivity contribution in [3.05, 3.63) is 16.2 Å². The summed E-state index contributed by atoms with van der Waals surface area (Å²) in [6.45, 7) is 6.44. The van der Waals surface area contributed by atoms with E-state index >= 15 is 0 Å². The fourth-order valence-corrected chi connectivity index (χ4v) is 5.77. The maximum absolute atomic E-state index is 12.5. The van der Waals surface area contributed by atoms with E-state index in [9.17, 15) is 14.4 Å². The number of unbranched alkanes of at least 4 members (excludes halogenated alkanes) is 16. The molecule has 0 spiro atoms. The van der Waals surface area contributed by atoms with Crippen LogP contribution in [-0.4, -0.2) is 51.1 Å². The third-order valence-electron chi connectivity index (χ3n) is 9.17. The Morgan fingerprint density at radius 2 is 1.34 bits per heavy atom. The smallest absolute Gasteiger partial charge is 0.323 e. The molecule has 1 unspecified atom stereocenters. The fraction of sp³-hybridized carbons (Fsp3) is 0.806. The third-order valence-corrected chi connectivity index (χ3v) is 9.17. The number of hydrogen-bond donors (Lipinski definition) is 4. The zero-order chi connectivity index (χ0) is 34.3. The van der Waals surface area contributed by atoms with Crippen LogP contribution < -0.4 is 17.0 Å². The van der Waals surface area contributed by atoms with Gasteiger partial charge >= 0.3 is 11.9 Å². The number of imidazole rings is 1. The molecule has 2 rings (SSSR count). The summed E-state index contributed by atoms with van der Waals surface area (Å²) in [4.78, 5) is 51.0. The molecule has 11 heteroatoms. The number of nitrogens with one attached hydrogen (secondary N) is 2. The molecule has 0 aliphatic heterocycles. The van der Waals surface area contributed by atoms with E-state index in [4.69, 9.17) is 20.9 Å². The Kier molecular flexibility index (Phi) is 20.7. The number of carbonyl (C=O) groups excluding carboxylic acids is 2. The first-order chi connectivity index (χ1) is 22.7. The Bertz CT molecular complexity index is 1200. The van der Waals surface area contributed by atoms with Gasteiger partial charge in [0.2, 0.25) is 5.95 Å². The molecule has 3 atom stereocenters. The number of rotatable bonds is 28. The van der Waals surface area contributed by atoms with Crippen molar-refractivity contribution in [1.29, 1.82) is 0 Å². The van der Waals surface area contributed by atoms with Gasteiger partial charge in [-0.05, 0) is 18.8 Å². The quantitative estimate of drug-likeness (QED) is 0.0539. The van der Waals surface area contributed by atoms with E-state index in [1.807, 2.05) is 13.8 Å². The number of esters is 2. The Labute approximate surface area is 282 Å². The molecule has 0 fully saturated rings. The minimum Gasteiger partial charge on any atom is -0.465 e. The number of ether oxygens (including phenoxy) is 2. The molecule has 2 heterocycles. The lowest BCUT2D eigenvalue weighted by atomic mass is 10.0. The van der Waals surface area contributed by atoms with E-state index in [1.54, 1.807) is 0 Å². The van der Waals surface area contributed by atoms with Crippen molar-refractivity contribution in [2.75, 3.05) is 18.9 Å². The highest BCUT2D eigenvalue weighted by Crippen LogP contribution is 2.17. The van der Waals surface area contributed by atoms with Crippen LogP contribution in [0.4, 0.5) is 5.95 Å².